The number of pyridine rings is 1. The fraction of sp³-hybridized carbons (Fsp3) is 0.370. The number of carbonyl (C=O) groups is 3. The number of allylic oxidation sites excluding steroid dienone is 1. The maximum Gasteiger partial charge on any atom is 0.407 e. The van der Waals surface area contributed by atoms with Crippen LogP contribution in [0.2, 0.25) is 0 Å². The largest absolute Gasteiger partial charge is 0.453 e. The van der Waals surface area contributed by atoms with E-state index in [2.05, 4.69) is 47.2 Å². The number of benzene rings is 1. The number of hydrogen-bond acceptors (Lipinski definition) is 6. The molecule has 0 aliphatic carbocycles. The van der Waals surface area contributed by atoms with Gasteiger partial charge in [0.1, 0.15) is 17.6 Å². The number of ether oxygens (including phenoxy) is 1. The Bertz CT molecular complexity index is 1390. The number of fused-ring (bicyclic) bond motifs is 1. The second-order valence-corrected chi connectivity index (χ2v) is 9.37. The highest BCUT2D eigenvalue weighted by atomic mass is 16.5. The van der Waals surface area contributed by atoms with E-state index in [0.717, 1.165) is 16.6 Å². The minimum absolute atomic E-state index is 0.0482. The molecule has 3 rings (SSSR count). The lowest BCUT2D eigenvalue weighted by Crippen LogP contribution is -2.44. The van der Waals surface area contributed by atoms with Gasteiger partial charge in [-0.1, -0.05) is 39.0 Å². The summed E-state index contributed by atoms with van der Waals surface area (Å²) >= 11 is 0. The van der Waals surface area contributed by atoms with Gasteiger partial charge in [-0.2, -0.15) is 0 Å². The number of primary amides is 1. The summed E-state index contributed by atoms with van der Waals surface area (Å²) in [4.78, 5) is 56.8. The number of aromatic amines is 1. The van der Waals surface area contributed by atoms with Crippen LogP contribution in [0.25, 0.3) is 11.0 Å². The van der Waals surface area contributed by atoms with Crippen molar-refractivity contribution < 1.29 is 19.1 Å². The smallest absolute Gasteiger partial charge is 0.407 e. The fourth-order valence-electron chi connectivity index (χ4n) is 3.98. The van der Waals surface area contributed by atoms with Crippen LogP contribution in [0, 0.1) is 5.92 Å². The molecule has 2 aromatic heterocycles. The number of H-pyrrole nitrogens is 1. The third kappa shape index (κ3) is 7.09. The number of rotatable bonds is 11. The molecule has 0 saturated heterocycles. The summed E-state index contributed by atoms with van der Waals surface area (Å²) in [5.74, 6) is 0.149. The van der Waals surface area contributed by atoms with E-state index in [1.165, 1.54) is 29.9 Å². The molecule has 11 nitrogen and oxygen atoms in total. The number of aromatic nitrogens is 3. The van der Waals surface area contributed by atoms with Crippen LogP contribution in [0.1, 0.15) is 50.9 Å². The topological polar surface area (TPSA) is 161 Å². The number of amides is 3. The third-order valence-electron chi connectivity index (χ3n) is 6.38. The minimum atomic E-state index is -1.01. The molecule has 0 spiro atoms. The molecule has 1 aromatic carbocycles. The molecule has 0 aliphatic heterocycles. The molecule has 3 amide bonds. The second kappa shape index (κ2) is 12.7. The van der Waals surface area contributed by atoms with Crippen molar-refractivity contribution in [3.8, 4) is 0 Å². The van der Waals surface area contributed by atoms with Gasteiger partial charge in [0.25, 0.3) is 5.56 Å². The fourth-order valence-corrected chi connectivity index (χ4v) is 3.98. The highest BCUT2D eigenvalue weighted by molar-refractivity contribution is 5.96. The first kappa shape index (κ1) is 28.2. The van der Waals surface area contributed by atoms with Crippen LogP contribution in [-0.2, 0) is 20.9 Å². The zero-order chi connectivity index (χ0) is 27.8. The van der Waals surface area contributed by atoms with Crippen molar-refractivity contribution in [1.82, 2.24) is 19.9 Å². The number of methoxy groups -OCH3 is 1. The quantitative estimate of drug-likeness (QED) is 0.283. The van der Waals surface area contributed by atoms with E-state index in [4.69, 9.17) is 10.7 Å². The Kier molecular flexibility index (Phi) is 9.42. The molecule has 5 N–H and O–H groups in total. The van der Waals surface area contributed by atoms with Gasteiger partial charge in [-0.05, 0) is 54.5 Å². The number of nitrogens with two attached hydrogens (primary N) is 1. The molecular weight excluding hydrogens is 488 g/mol. The van der Waals surface area contributed by atoms with E-state index in [-0.39, 0.29) is 25.1 Å². The van der Waals surface area contributed by atoms with Crippen molar-refractivity contribution in [3.05, 3.63) is 70.4 Å². The molecule has 2 atom stereocenters. The molecule has 1 unspecified atom stereocenters. The van der Waals surface area contributed by atoms with Gasteiger partial charge in [0.15, 0.2) is 0 Å². The standard InChI is InChI=1S/C27H34N6O5/c1-16(2)17(3)18-9-7-11-19-24(18)32-23(29-19)15-33-14-8-12-21(26(33)36)30-25(35)20(31-27(37)38-4)10-5-6-13-22(28)34/h6-9,11-14,16-17,20H,5,10,15H2,1-4H3,(H2,28,34)(H,29,32)(H,30,35)(H,31,37)/b13-6+/t17?,20-/m0/s1. The predicted molar refractivity (Wildman–Crippen MR) is 145 cm³/mol. The molecule has 0 fully saturated rings. The van der Waals surface area contributed by atoms with Crippen molar-refractivity contribution in [2.24, 2.45) is 11.7 Å². The van der Waals surface area contributed by atoms with Gasteiger partial charge in [0.05, 0.1) is 24.7 Å². The Labute approximate surface area is 220 Å². The summed E-state index contributed by atoms with van der Waals surface area (Å²) in [6, 6.07) is 8.13. The summed E-state index contributed by atoms with van der Waals surface area (Å²) in [5, 5.41) is 5.03. The van der Waals surface area contributed by atoms with Crippen LogP contribution in [-0.4, -0.2) is 45.6 Å². The minimum Gasteiger partial charge on any atom is -0.453 e. The molecule has 202 valence electrons. The molecule has 38 heavy (non-hydrogen) atoms. The molecule has 2 heterocycles. The lowest BCUT2D eigenvalue weighted by Gasteiger charge is -2.17. The Hall–Kier alpha value is -4.41. The van der Waals surface area contributed by atoms with Crippen LogP contribution < -0.4 is 21.9 Å². The van der Waals surface area contributed by atoms with Gasteiger partial charge >= 0.3 is 6.09 Å². The maximum absolute atomic E-state index is 13.2. The number of nitrogens with zero attached hydrogens (tertiary/aromatic N) is 2. The van der Waals surface area contributed by atoms with Gasteiger partial charge in [-0.3, -0.25) is 14.4 Å². The average molecular weight is 523 g/mol. The van der Waals surface area contributed by atoms with Gasteiger partial charge in [-0.15, -0.1) is 0 Å². The first-order chi connectivity index (χ1) is 18.1. The maximum atomic E-state index is 13.2. The Morgan fingerprint density at radius 1 is 1.18 bits per heavy atom. The zero-order valence-corrected chi connectivity index (χ0v) is 22.0. The van der Waals surface area contributed by atoms with Crippen LogP contribution in [0.4, 0.5) is 10.5 Å². The highest BCUT2D eigenvalue weighted by Gasteiger charge is 2.22. The molecule has 0 bridgehead atoms. The third-order valence-corrected chi connectivity index (χ3v) is 6.38. The van der Waals surface area contributed by atoms with Gasteiger partial charge in [-0.25, -0.2) is 9.78 Å². The first-order valence-electron chi connectivity index (χ1n) is 12.4. The molecule has 0 aliphatic rings. The van der Waals surface area contributed by atoms with E-state index in [9.17, 15) is 19.2 Å². The van der Waals surface area contributed by atoms with Crippen molar-refractivity contribution >= 4 is 34.6 Å². The van der Waals surface area contributed by atoms with E-state index in [1.54, 1.807) is 12.3 Å². The number of para-hydroxylation sites is 1. The Morgan fingerprint density at radius 2 is 1.95 bits per heavy atom. The molecule has 0 saturated carbocycles. The van der Waals surface area contributed by atoms with E-state index in [1.807, 2.05) is 12.1 Å². The van der Waals surface area contributed by atoms with E-state index >= 15 is 0 Å². The van der Waals surface area contributed by atoms with E-state index in [0.29, 0.717) is 17.7 Å². The van der Waals surface area contributed by atoms with Crippen LogP contribution in [0.5, 0.6) is 0 Å². The number of hydrogen-bond donors (Lipinski definition) is 4. The lowest BCUT2D eigenvalue weighted by molar-refractivity contribution is -0.118. The normalized spacial score (nSPS) is 13.0. The number of nitrogens with one attached hydrogen (secondary N) is 3. The summed E-state index contributed by atoms with van der Waals surface area (Å²) < 4.78 is 6.04. The lowest BCUT2D eigenvalue weighted by atomic mass is 9.89. The van der Waals surface area contributed by atoms with E-state index < -0.39 is 29.5 Å². The van der Waals surface area contributed by atoms with Crippen molar-refractivity contribution in [2.75, 3.05) is 12.4 Å². The Balaban J connectivity index is 1.80. The number of alkyl carbamates (subject to hydrolysis) is 1. The van der Waals surface area contributed by atoms with Gasteiger partial charge < -0.3 is 30.7 Å². The molecule has 11 heteroatoms. The van der Waals surface area contributed by atoms with Crippen molar-refractivity contribution in [2.45, 2.75) is 52.1 Å². The van der Waals surface area contributed by atoms with Gasteiger partial charge in [0.2, 0.25) is 11.8 Å². The zero-order valence-electron chi connectivity index (χ0n) is 22.0. The Morgan fingerprint density at radius 3 is 2.63 bits per heavy atom. The van der Waals surface area contributed by atoms with Crippen LogP contribution in [0.3, 0.4) is 0 Å². The average Bonchev–Trinajstić information content (AvgIpc) is 3.30. The number of imidazole rings is 1. The predicted octanol–water partition coefficient (Wildman–Crippen LogP) is 3.02. The summed E-state index contributed by atoms with van der Waals surface area (Å²) in [6.07, 6.45) is 3.92. The highest BCUT2D eigenvalue weighted by Crippen LogP contribution is 2.29. The van der Waals surface area contributed by atoms with Gasteiger partial charge in [0, 0.05) is 6.20 Å². The summed E-state index contributed by atoms with van der Waals surface area (Å²) in [6.45, 7) is 6.67. The van der Waals surface area contributed by atoms with Crippen LogP contribution in [0.15, 0.2) is 53.5 Å². The second-order valence-electron chi connectivity index (χ2n) is 9.37. The summed E-state index contributed by atoms with van der Waals surface area (Å²) in [7, 11) is 1.18. The molecular formula is C27H34N6O5. The monoisotopic (exact) mass is 522 g/mol. The SMILES string of the molecule is COC(=O)N[C@@H](CC/C=C/C(N)=O)C(=O)Nc1cccn(Cc2nc3c(C(C)C(C)C)cccc3[nH]2)c1=O. The first-order valence-corrected chi connectivity index (χ1v) is 12.4. The van der Waals surface area contributed by atoms with Crippen LogP contribution >= 0.6 is 0 Å². The van der Waals surface area contributed by atoms with Crippen molar-refractivity contribution in [3.63, 3.8) is 0 Å². The van der Waals surface area contributed by atoms with Crippen molar-refractivity contribution in [1.29, 1.82) is 0 Å². The number of carbonyl (C=O) groups excluding carboxylic acids is 3. The molecule has 3 aromatic rings. The summed E-state index contributed by atoms with van der Waals surface area (Å²) in [5.41, 5.74) is 7.61. The molecule has 0 radical (unpaired) electrons. The number of anilines is 1.